The van der Waals surface area contributed by atoms with Gasteiger partial charge < -0.3 is 25.8 Å². The van der Waals surface area contributed by atoms with Crippen molar-refractivity contribution in [3.8, 4) is 0 Å². The largest absolute Gasteiger partial charge is 0.403 e. The second-order valence-corrected chi connectivity index (χ2v) is 5.36. The zero-order chi connectivity index (χ0) is 13.5. The van der Waals surface area contributed by atoms with Crippen LogP contribution >= 0.6 is 0 Å². The number of hydrogen-bond acceptors (Lipinski definition) is 6. The summed E-state index contributed by atoms with van der Waals surface area (Å²) in [5, 5.41) is 18.9. The van der Waals surface area contributed by atoms with Crippen LogP contribution in [0.1, 0.15) is 26.2 Å². The van der Waals surface area contributed by atoms with Crippen LogP contribution in [0.5, 0.6) is 0 Å². The molecule has 1 atom stereocenters. The quantitative estimate of drug-likeness (QED) is 0.648. The molecule has 1 fully saturated rings. The van der Waals surface area contributed by atoms with Gasteiger partial charge in [-0.3, -0.25) is 5.10 Å². The molecule has 20 heavy (non-hydrogen) atoms. The van der Waals surface area contributed by atoms with E-state index in [1.807, 2.05) is 6.92 Å². The molecule has 0 amide bonds. The first-order chi connectivity index (χ1) is 9.05. The molecule has 1 saturated heterocycles. The van der Waals surface area contributed by atoms with Crippen LogP contribution < -0.4 is 15.7 Å². The molecule has 1 unspecified atom stereocenters. The van der Waals surface area contributed by atoms with Gasteiger partial charge in [0.25, 0.3) is 0 Å². The van der Waals surface area contributed by atoms with Crippen LogP contribution in [0.2, 0.25) is 0 Å². The SMILES string of the molecule is CC1(O)CCCCN(c2nc(N)nc3[n-]ncc23)C1.[Re]. The summed E-state index contributed by atoms with van der Waals surface area (Å²) < 4.78 is 0. The molecule has 1 aliphatic rings. The van der Waals surface area contributed by atoms with Crippen molar-refractivity contribution in [3.63, 3.8) is 0 Å². The predicted molar refractivity (Wildman–Crippen MR) is 71.8 cm³/mol. The fourth-order valence-corrected chi connectivity index (χ4v) is 2.60. The van der Waals surface area contributed by atoms with Gasteiger partial charge in [0.1, 0.15) is 11.8 Å². The van der Waals surface area contributed by atoms with E-state index in [2.05, 4.69) is 25.1 Å². The molecule has 1 aliphatic heterocycles. The van der Waals surface area contributed by atoms with Crippen LogP contribution in [-0.2, 0) is 20.4 Å². The first-order valence-corrected chi connectivity index (χ1v) is 6.44. The Morgan fingerprint density at radius 2 is 2.20 bits per heavy atom. The fourth-order valence-electron chi connectivity index (χ4n) is 2.60. The molecule has 0 spiro atoms. The predicted octanol–water partition coefficient (Wildman–Crippen LogP) is 0.303. The fraction of sp³-hybridized carbons (Fsp3) is 0.583. The van der Waals surface area contributed by atoms with E-state index in [-0.39, 0.29) is 26.4 Å². The van der Waals surface area contributed by atoms with E-state index >= 15 is 0 Å². The summed E-state index contributed by atoms with van der Waals surface area (Å²) in [6, 6.07) is 0. The number of nitrogens with zero attached hydrogens (tertiary/aromatic N) is 5. The van der Waals surface area contributed by atoms with E-state index in [1.165, 1.54) is 0 Å². The van der Waals surface area contributed by atoms with Gasteiger partial charge in [-0.05, 0) is 31.8 Å². The van der Waals surface area contributed by atoms with Gasteiger partial charge in [0.05, 0.1) is 5.60 Å². The van der Waals surface area contributed by atoms with E-state index in [4.69, 9.17) is 5.73 Å². The number of anilines is 2. The van der Waals surface area contributed by atoms with Crippen LogP contribution in [-0.4, -0.2) is 38.9 Å². The van der Waals surface area contributed by atoms with Crippen LogP contribution in [0.15, 0.2) is 6.20 Å². The summed E-state index contributed by atoms with van der Waals surface area (Å²) in [6.07, 6.45) is 4.46. The normalized spacial score (nSPS) is 23.4. The van der Waals surface area contributed by atoms with Crippen molar-refractivity contribution in [2.45, 2.75) is 31.8 Å². The van der Waals surface area contributed by atoms with Crippen molar-refractivity contribution >= 4 is 22.8 Å². The van der Waals surface area contributed by atoms with Gasteiger partial charge in [-0.1, -0.05) is 0 Å². The Hall–Kier alpha value is -1.23. The molecule has 109 valence electrons. The Balaban J connectivity index is 0.00000147. The second-order valence-electron chi connectivity index (χ2n) is 5.36. The standard InChI is InChI=1S/C12H17N6O.Re/c1-12(19)4-2-3-5-18(7-12)10-8-6-14-17-9(8)15-11(13)16-10;/h6,19H,2-5,7H2,1H3,(H2-,13,14,15,16,17);/q-1;. The molecular weight excluding hydrogens is 430 g/mol. The average Bonchev–Trinajstić information content (AvgIpc) is 2.72. The molecule has 1 radical (unpaired) electrons. The van der Waals surface area contributed by atoms with Gasteiger partial charge in [0, 0.05) is 45.1 Å². The molecule has 3 heterocycles. The van der Waals surface area contributed by atoms with Crippen molar-refractivity contribution in [1.82, 2.24) is 20.2 Å². The van der Waals surface area contributed by atoms with Crippen LogP contribution in [0, 0.1) is 0 Å². The Kier molecular flexibility index (Phi) is 4.28. The topological polar surface area (TPSA) is 102 Å². The molecule has 3 rings (SSSR count). The van der Waals surface area contributed by atoms with Gasteiger partial charge in [0.2, 0.25) is 0 Å². The minimum Gasteiger partial charge on any atom is -0.403 e. The molecule has 0 aromatic carbocycles. The third-order valence-electron chi connectivity index (χ3n) is 3.49. The number of aromatic nitrogens is 4. The smallest absolute Gasteiger partial charge is 0.139 e. The summed E-state index contributed by atoms with van der Waals surface area (Å²) in [5.41, 5.74) is 5.51. The minimum atomic E-state index is -0.712. The Labute approximate surface area is 130 Å². The molecule has 3 N–H and O–H groups in total. The summed E-state index contributed by atoms with van der Waals surface area (Å²) >= 11 is 0. The Morgan fingerprint density at radius 3 is 3.00 bits per heavy atom. The van der Waals surface area contributed by atoms with Crippen LogP contribution in [0.3, 0.4) is 0 Å². The van der Waals surface area contributed by atoms with Crippen molar-refractivity contribution in [3.05, 3.63) is 6.20 Å². The molecule has 8 heteroatoms. The third kappa shape index (κ3) is 2.92. The zero-order valence-electron chi connectivity index (χ0n) is 11.3. The number of nitrogens with two attached hydrogens (primary N) is 1. The Bertz CT molecular complexity index is 599. The van der Waals surface area contributed by atoms with Crippen molar-refractivity contribution < 1.29 is 25.5 Å². The number of nitrogen functional groups attached to an aromatic ring is 1. The van der Waals surface area contributed by atoms with Gasteiger partial charge >= 0.3 is 0 Å². The van der Waals surface area contributed by atoms with Crippen LogP contribution in [0.25, 0.3) is 11.0 Å². The van der Waals surface area contributed by atoms with Gasteiger partial charge in [-0.2, -0.15) is 0 Å². The van der Waals surface area contributed by atoms with E-state index in [9.17, 15) is 5.11 Å². The van der Waals surface area contributed by atoms with Crippen molar-refractivity contribution in [1.29, 1.82) is 0 Å². The van der Waals surface area contributed by atoms with E-state index in [0.29, 0.717) is 12.2 Å². The molecule has 2 aromatic heterocycles. The maximum absolute atomic E-state index is 10.3. The number of fused-ring (bicyclic) bond motifs is 1. The number of hydrogen-bond donors (Lipinski definition) is 2. The summed E-state index contributed by atoms with van der Waals surface area (Å²) in [6.45, 7) is 3.23. The maximum Gasteiger partial charge on any atom is 0.139 e. The van der Waals surface area contributed by atoms with Gasteiger partial charge in [-0.15, -0.1) is 0 Å². The van der Waals surface area contributed by atoms with E-state index in [1.54, 1.807) is 6.20 Å². The van der Waals surface area contributed by atoms with E-state index < -0.39 is 5.60 Å². The minimum absolute atomic E-state index is 0. The van der Waals surface area contributed by atoms with Gasteiger partial charge in [0.15, 0.2) is 0 Å². The molecule has 7 nitrogen and oxygen atoms in total. The summed E-state index contributed by atoms with van der Waals surface area (Å²) in [4.78, 5) is 10.4. The summed E-state index contributed by atoms with van der Waals surface area (Å²) in [7, 11) is 0. The number of β-amino-alcohol motifs (C(OH)–C–C–N with tert-alkyl or cyclic N) is 1. The first-order valence-electron chi connectivity index (χ1n) is 6.44. The van der Waals surface area contributed by atoms with Crippen molar-refractivity contribution in [2.24, 2.45) is 0 Å². The molecule has 2 aromatic rings. The second kappa shape index (κ2) is 5.64. The van der Waals surface area contributed by atoms with E-state index in [0.717, 1.165) is 37.0 Å². The summed E-state index contributed by atoms with van der Waals surface area (Å²) in [5.74, 6) is 0.904. The first kappa shape index (κ1) is 15.2. The van der Waals surface area contributed by atoms with Gasteiger partial charge in [-0.25, -0.2) is 4.98 Å². The maximum atomic E-state index is 10.3. The molecule has 0 aliphatic carbocycles. The molecular formula is C12H17N6ORe-. The van der Waals surface area contributed by atoms with Crippen LogP contribution in [0.4, 0.5) is 11.8 Å². The number of aliphatic hydroxyl groups is 1. The number of rotatable bonds is 1. The third-order valence-corrected chi connectivity index (χ3v) is 3.49. The molecule has 0 saturated carbocycles. The Morgan fingerprint density at radius 1 is 1.40 bits per heavy atom. The monoisotopic (exact) mass is 448 g/mol. The van der Waals surface area contributed by atoms with Crippen molar-refractivity contribution in [2.75, 3.05) is 23.7 Å². The zero-order valence-corrected chi connectivity index (χ0v) is 14.0. The molecule has 0 bridgehead atoms. The average molecular weight is 448 g/mol.